The van der Waals surface area contributed by atoms with Crippen LogP contribution in [0.15, 0.2) is 46.2 Å². The van der Waals surface area contributed by atoms with Crippen LogP contribution in [0.25, 0.3) is 0 Å². The smallest absolute Gasteiger partial charge is 0.343 e. The number of aryl methyl sites for hydroxylation is 1. The minimum Gasteiger partial charge on any atom is -0.480 e. The molecule has 0 saturated carbocycles. The molecule has 1 aromatic heterocycles. The largest absolute Gasteiger partial charge is 0.480 e. The first kappa shape index (κ1) is 27.9. The lowest BCUT2D eigenvalue weighted by atomic mass is 9.97. The molecule has 2 aromatic carbocycles. The van der Waals surface area contributed by atoms with Crippen LogP contribution in [0.5, 0.6) is 5.75 Å². The number of nitrogen functional groups attached to an aromatic ring is 1. The maximum atomic E-state index is 12.9. The first-order chi connectivity index (χ1) is 18.8. The van der Waals surface area contributed by atoms with E-state index < -0.39 is 23.0 Å². The van der Waals surface area contributed by atoms with Crippen LogP contribution in [0.3, 0.4) is 0 Å². The summed E-state index contributed by atoms with van der Waals surface area (Å²) in [6.45, 7) is 4.84. The molecule has 0 saturated heterocycles. The summed E-state index contributed by atoms with van der Waals surface area (Å²) in [5.41, 5.74) is 10.5. The van der Waals surface area contributed by atoms with E-state index in [9.17, 15) is 14.7 Å². The van der Waals surface area contributed by atoms with Crippen molar-refractivity contribution in [2.24, 2.45) is 10.7 Å². The summed E-state index contributed by atoms with van der Waals surface area (Å²) >= 11 is 1.02. The topological polar surface area (TPSA) is 181 Å². The molecule has 12 nitrogen and oxygen atoms in total. The van der Waals surface area contributed by atoms with Gasteiger partial charge in [-0.05, 0) is 60.9 Å². The maximum absolute atomic E-state index is 12.9. The van der Waals surface area contributed by atoms with E-state index in [1.807, 2.05) is 26.0 Å². The molecular formula is C26H31N7O5S. The van der Waals surface area contributed by atoms with Gasteiger partial charge in [-0.2, -0.15) is 5.10 Å². The van der Waals surface area contributed by atoms with Gasteiger partial charge in [0.1, 0.15) is 22.9 Å². The molecule has 1 aliphatic heterocycles. The molecule has 0 amide bonds. The second kappa shape index (κ2) is 12.6. The highest BCUT2D eigenvalue weighted by Crippen LogP contribution is 2.34. The number of aromatic nitrogens is 3. The Hall–Kier alpha value is -4.10. The van der Waals surface area contributed by atoms with Crippen molar-refractivity contribution in [3.63, 3.8) is 0 Å². The van der Waals surface area contributed by atoms with Gasteiger partial charge in [-0.25, -0.2) is 9.48 Å². The van der Waals surface area contributed by atoms with Crippen molar-refractivity contribution in [1.29, 1.82) is 5.41 Å². The van der Waals surface area contributed by atoms with E-state index in [-0.39, 0.29) is 19.2 Å². The van der Waals surface area contributed by atoms with Crippen LogP contribution in [-0.2, 0) is 29.1 Å². The summed E-state index contributed by atoms with van der Waals surface area (Å²) in [6.07, 6.45) is 0.720. The number of nitrogens with zero attached hydrogens (tertiary/aromatic N) is 3. The highest BCUT2D eigenvalue weighted by atomic mass is 32.2. The van der Waals surface area contributed by atoms with Gasteiger partial charge >= 0.3 is 11.7 Å². The molecule has 13 heteroatoms. The van der Waals surface area contributed by atoms with E-state index in [2.05, 4.69) is 20.4 Å². The molecule has 2 atom stereocenters. The van der Waals surface area contributed by atoms with E-state index >= 15 is 0 Å². The quantitative estimate of drug-likeness (QED) is 0.166. The Morgan fingerprint density at radius 2 is 2.13 bits per heavy atom. The predicted molar refractivity (Wildman–Crippen MR) is 150 cm³/mol. The molecule has 0 radical (unpaired) electrons. The van der Waals surface area contributed by atoms with E-state index in [1.165, 1.54) is 5.55 Å². The minimum atomic E-state index is -1.07. The van der Waals surface area contributed by atoms with Gasteiger partial charge in [-0.3, -0.25) is 20.2 Å². The van der Waals surface area contributed by atoms with Crippen LogP contribution >= 0.6 is 11.8 Å². The number of thioether (sulfide) groups is 1. The normalized spacial score (nSPS) is 14.4. The molecular weight excluding hydrogens is 522 g/mol. The van der Waals surface area contributed by atoms with Crippen molar-refractivity contribution in [2.75, 3.05) is 18.7 Å². The SMILES string of the molecule is CCN=CSC(Cn1nc(C(Nc2ccc(C(=N)N)cc2)c2cc(CC)c3c(c2)COCO3)[nH]c1=O)C(=O)O. The third-order valence-corrected chi connectivity index (χ3v) is 7.05. The van der Waals surface area contributed by atoms with Crippen LogP contribution < -0.4 is 21.5 Å². The second-order valence-electron chi connectivity index (χ2n) is 8.77. The monoisotopic (exact) mass is 553 g/mol. The summed E-state index contributed by atoms with van der Waals surface area (Å²) in [4.78, 5) is 31.6. The van der Waals surface area contributed by atoms with Crippen LogP contribution in [-0.4, -0.2) is 55.8 Å². The van der Waals surface area contributed by atoms with Gasteiger partial charge in [0.15, 0.2) is 12.6 Å². The lowest BCUT2D eigenvalue weighted by Gasteiger charge is -2.25. The number of anilines is 1. The Morgan fingerprint density at radius 3 is 2.79 bits per heavy atom. The van der Waals surface area contributed by atoms with E-state index in [0.29, 0.717) is 30.2 Å². The van der Waals surface area contributed by atoms with Gasteiger partial charge < -0.3 is 25.6 Å². The zero-order chi connectivity index (χ0) is 27.9. The third-order valence-electron chi connectivity index (χ3n) is 6.10. The highest BCUT2D eigenvalue weighted by molar-refractivity contribution is 8.13. The number of hydrogen-bond acceptors (Lipinski definition) is 9. The molecule has 6 N–H and O–H groups in total. The summed E-state index contributed by atoms with van der Waals surface area (Å²) in [5.74, 6) is -0.00221. The minimum absolute atomic E-state index is 0.0433. The second-order valence-corrected chi connectivity index (χ2v) is 9.82. The third kappa shape index (κ3) is 6.67. The molecule has 1 aliphatic rings. The van der Waals surface area contributed by atoms with Crippen LogP contribution in [0.2, 0.25) is 0 Å². The van der Waals surface area contributed by atoms with Gasteiger partial charge in [0.05, 0.1) is 18.7 Å². The number of carboxylic acid groups (broad SMARTS) is 1. The average Bonchev–Trinajstić information content (AvgIpc) is 3.30. The van der Waals surface area contributed by atoms with Crippen LogP contribution in [0.1, 0.15) is 48.0 Å². The number of aliphatic carboxylic acids is 1. The number of amidine groups is 1. The molecule has 0 spiro atoms. The van der Waals surface area contributed by atoms with Crippen molar-refractivity contribution in [3.8, 4) is 5.75 Å². The molecule has 2 unspecified atom stereocenters. The number of nitrogens with two attached hydrogens (primary N) is 1. The predicted octanol–water partition coefficient (Wildman–Crippen LogP) is 2.72. The van der Waals surface area contributed by atoms with Gasteiger partial charge in [0, 0.05) is 23.4 Å². The molecule has 0 bridgehead atoms. The molecule has 4 rings (SSSR count). The lowest BCUT2D eigenvalue weighted by molar-refractivity contribution is -0.136. The Balaban J connectivity index is 1.73. The molecule has 3 aromatic rings. The number of rotatable bonds is 12. The highest BCUT2D eigenvalue weighted by Gasteiger charge is 2.26. The summed E-state index contributed by atoms with van der Waals surface area (Å²) in [7, 11) is 0. The number of fused-ring (bicyclic) bond motifs is 1. The Kier molecular flexibility index (Phi) is 9.04. The number of H-pyrrole nitrogens is 1. The summed E-state index contributed by atoms with van der Waals surface area (Å²) < 4.78 is 12.4. The lowest BCUT2D eigenvalue weighted by Crippen LogP contribution is -2.29. The molecule has 39 heavy (non-hydrogen) atoms. The van der Waals surface area contributed by atoms with Gasteiger partial charge in [-0.15, -0.1) is 0 Å². The fourth-order valence-electron chi connectivity index (χ4n) is 4.13. The van der Waals surface area contributed by atoms with Crippen LogP contribution in [0, 0.1) is 5.41 Å². The number of nitrogens with one attached hydrogen (secondary N) is 3. The van der Waals surface area contributed by atoms with Crippen molar-refractivity contribution >= 4 is 34.8 Å². The number of aromatic amines is 1. The fourth-order valence-corrected chi connectivity index (χ4v) is 4.86. The zero-order valence-electron chi connectivity index (χ0n) is 21.6. The van der Waals surface area contributed by atoms with E-state index in [1.54, 1.807) is 24.3 Å². The molecule has 0 fully saturated rings. The zero-order valence-corrected chi connectivity index (χ0v) is 22.5. The Morgan fingerprint density at radius 1 is 1.36 bits per heavy atom. The first-order valence-electron chi connectivity index (χ1n) is 12.4. The number of aliphatic imine (C=N–C) groups is 1. The standard InChI is InChI=1S/C26H31N7O5S/c1-3-15-9-17(10-18-12-37-14-38-22(15)18)21(30-19-7-5-16(6-8-19)23(27)28)24-31-26(36)33(32-24)11-20(25(34)35)39-13-29-4-2/h5-10,13,20-21,30H,3-4,11-12,14H2,1-2H3,(H3,27,28)(H,34,35)(H,31,32,36). The van der Waals surface area contributed by atoms with Crippen molar-refractivity contribution in [1.82, 2.24) is 14.8 Å². The Bertz CT molecular complexity index is 1400. The van der Waals surface area contributed by atoms with Gasteiger partial charge in [0.2, 0.25) is 0 Å². The van der Waals surface area contributed by atoms with E-state index in [0.717, 1.165) is 45.3 Å². The maximum Gasteiger partial charge on any atom is 0.343 e. The van der Waals surface area contributed by atoms with E-state index in [4.69, 9.17) is 20.6 Å². The van der Waals surface area contributed by atoms with Crippen molar-refractivity contribution in [3.05, 3.63) is 75.0 Å². The molecule has 0 aliphatic carbocycles. The van der Waals surface area contributed by atoms with Crippen molar-refractivity contribution < 1.29 is 19.4 Å². The number of carbonyl (C=O) groups is 1. The Labute approximate surface area is 229 Å². The number of carboxylic acids is 1. The number of hydrogen-bond donors (Lipinski definition) is 5. The fraction of sp³-hybridized carbons (Fsp3) is 0.346. The van der Waals surface area contributed by atoms with Crippen LogP contribution in [0.4, 0.5) is 5.69 Å². The number of ether oxygens (including phenoxy) is 2. The van der Waals surface area contributed by atoms with Crippen molar-refractivity contribution in [2.45, 2.75) is 44.7 Å². The average molecular weight is 554 g/mol. The summed E-state index contributed by atoms with van der Waals surface area (Å²) in [5, 5.41) is 24.3. The number of benzene rings is 2. The molecule has 206 valence electrons. The summed E-state index contributed by atoms with van der Waals surface area (Å²) in [6, 6.07) is 10.4. The molecule has 2 heterocycles. The van der Waals surface area contributed by atoms with Gasteiger partial charge in [0.25, 0.3) is 0 Å². The first-order valence-corrected chi connectivity index (χ1v) is 13.4. The van der Waals surface area contributed by atoms with Gasteiger partial charge in [-0.1, -0.05) is 18.7 Å².